The number of nitrogens with one attached hydrogen (secondary N) is 1. The zero-order valence-corrected chi connectivity index (χ0v) is 13.9. The lowest BCUT2D eigenvalue weighted by Crippen LogP contribution is -2.34. The molecule has 0 unspecified atom stereocenters. The number of piperidine rings is 1. The highest BCUT2D eigenvalue weighted by Crippen LogP contribution is 2.23. The zero-order chi connectivity index (χ0) is 15.8. The topological polar surface area (TPSA) is 53.9 Å². The third-order valence-electron chi connectivity index (χ3n) is 3.57. The van der Waals surface area contributed by atoms with Crippen molar-refractivity contribution in [2.75, 3.05) is 20.1 Å². The molecule has 3 heterocycles. The molecule has 1 fully saturated rings. The second-order valence-corrected chi connectivity index (χ2v) is 4.73. The monoisotopic (exact) mass is 292 g/mol. The Morgan fingerprint density at radius 1 is 1.19 bits per heavy atom. The van der Waals surface area contributed by atoms with Gasteiger partial charge in [0.25, 0.3) is 0 Å². The summed E-state index contributed by atoms with van der Waals surface area (Å²) in [5, 5.41) is 0. The summed E-state index contributed by atoms with van der Waals surface area (Å²) in [7, 11) is 2.12. The summed E-state index contributed by atoms with van der Waals surface area (Å²) in [5.41, 5.74) is 1.79. The lowest BCUT2D eigenvalue weighted by molar-refractivity contribution is 0.221. The highest BCUT2D eigenvalue weighted by atomic mass is 16.1. The van der Waals surface area contributed by atoms with E-state index in [0.717, 1.165) is 37.0 Å². The molecule has 0 spiro atoms. The van der Waals surface area contributed by atoms with Crippen LogP contribution in [-0.2, 0) is 0 Å². The van der Waals surface area contributed by atoms with Crippen molar-refractivity contribution in [1.29, 1.82) is 0 Å². The molecule has 5 nitrogen and oxygen atoms in total. The van der Waals surface area contributed by atoms with E-state index in [1.165, 1.54) is 0 Å². The van der Waals surface area contributed by atoms with Crippen LogP contribution in [0.15, 0.2) is 23.3 Å². The van der Waals surface area contributed by atoms with E-state index in [0.29, 0.717) is 6.04 Å². The molecule has 0 aromatic carbocycles. The molecule has 0 bridgehead atoms. The van der Waals surface area contributed by atoms with Crippen molar-refractivity contribution in [1.82, 2.24) is 19.4 Å². The van der Waals surface area contributed by atoms with Gasteiger partial charge in [0.1, 0.15) is 0 Å². The second kappa shape index (κ2) is 8.62. The minimum atomic E-state index is -0.0115. The summed E-state index contributed by atoms with van der Waals surface area (Å²) in [4.78, 5) is 21.2. The molecule has 118 valence electrons. The Balaban J connectivity index is 0.000000510. The van der Waals surface area contributed by atoms with Crippen LogP contribution in [0.25, 0.3) is 11.0 Å². The molecule has 0 amide bonds. The van der Waals surface area contributed by atoms with E-state index >= 15 is 0 Å². The summed E-state index contributed by atoms with van der Waals surface area (Å²) < 4.78 is 1.89. The number of likely N-dealkylation sites (tertiary alicyclic amines) is 1. The Kier molecular flexibility index (Phi) is 7.15. The van der Waals surface area contributed by atoms with E-state index in [4.69, 9.17) is 0 Å². The molecule has 21 heavy (non-hydrogen) atoms. The molecule has 0 aliphatic carbocycles. The van der Waals surface area contributed by atoms with E-state index in [-0.39, 0.29) is 5.69 Å². The van der Waals surface area contributed by atoms with Gasteiger partial charge in [-0.1, -0.05) is 27.7 Å². The Hall–Kier alpha value is -1.62. The standard InChI is InChI=1S/C12H16N4O.2C2H6/c1-15-6-3-9(4-7-15)16-11-2-5-13-8-10(11)14-12(16)17;2*1-2/h2,5,8-9H,3-4,6-7H2,1H3,(H,14,17);2*1-2H3. The van der Waals surface area contributed by atoms with Gasteiger partial charge in [-0.2, -0.15) is 0 Å². The van der Waals surface area contributed by atoms with Crippen LogP contribution < -0.4 is 5.69 Å². The number of fused-ring (bicyclic) bond motifs is 1. The van der Waals surface area contributed by atoms with E-state index in [1.54, 1.807) is 12.4 Å². The summed E-state index contributed by atoms with van der Waals surface area (Å²) in [5.74, 6) is 0. The summed E-state index contributed by atoms with van der Waals surface area (Å²) in [6.45, 7) is 10.1. The molecular weight excluding hydrogens is 264 g/mol. The molecular formula is C16H28N4O. The van der Waals surface area contributed by atoms with Crippen LogP contribution in [0, 0.1) is 0 Å². The molecule has 1 saturated heterocycles. The molecule has 1 N–H and O–H groups in total. The van der Waals surface area contributed by atoms with Gasteiger partial charge < -0.3 is 9.88 Å². The predicted molar refractivity (Wildman–Crippen MR) is 88.8 cm³/mol. The van der Waals surface area contributed by atoms with E-state index in [2.05, 4.69) is 21.9 Å². The summed E-state index contributed by atoms with van der Waals surface area (Å²) in [6.07, 6.45) is 5.51. The van der Waals surface area contributed by atoms with Gasteiger partial charge in [-0.3, -0.25) is 9.55 Å². The van der Waals surface area contributed by atoms with Gasteiger partial charge in [0.15, 0.2) is 0 Å². The van der Waals surface area contributed by atoms with Gasteiger partial charge in [-0.15, -0.1) is 0 Å². The molecule has 0 atom stereocenters. The van der Waals surface area contributed by atoms with Gasteiger partial charge in [0, 0.05) is 12.2 Å². The molecule has 3 rings (SSSR count). The molecule has 2 aromatic heterocycles. The van der Waals surface area contributed by atoms with Gasteiger partial charge in [-0.05, 0) is 39.0 Å². The first-order chi connectivity index (χ1) is 10.3. The van der Waals surface area contributed by atoms with E-state index in [1.807, 2.05) is 38.3 Å². The number of pyridine rings is 1. The number of hydrogen-bond acceptors (Lipinski definition) is 3. The molecule has 1 aliphatic heterocycles. The number of hydrogen-bond donors (Lipinski definition) is 1. The van der Waals surface area contributed by atoms with Crippen molar-refractivity contribution in [2.24, 2.45) is 0 Å². The normalized spacial score (nSPS) is 15.9. The Morgan fingerprint density at radius 2 is 1.81 bits per heavy atom. The highest BCUT2D eigenvalue weighted by molar-refractivity contribution is 5.73. The van der Waals surface area contributed by atoms with Crippen molar-refractivity contribution in [3.63, 3.8) is 0 Å². The zero-order valence-electron chi connectivity index (χ0n) is 13.9. The average molecular weight is 292 g/mol. The number of aromatic nitrogens is 3. The van der Waals surface area contributed by atoms with Gasteiger partial charge >= 0.3 is 5.69 Å². The second-order valence-electron chi connectivity index (χ2n) is 4.73. The number of rotatable bonds is 1. The molecule has 2 aromatic rings. The van der Waals surface area contributed by atoms with Crippen LogP contribution in [0.4, 0.5) is 0 Å². The maximum Gasteiger partial charge on any atom is 0.326 e. The van der Waals surface area contributed by atoms with Crippen LogP contribution in [0.2, 0.25) is 0 Å². The SMILES string of the molecule is CC.CC.CN1CCC(n2c(=O)[nH]c3cnccc32)CC1. The van der Waals surface area contributed by atoms with E-state index in [9.17, 15) is 4.79 Å². The van der Waals surface area contributed by atoms with Gasteiger partial charge in [0.2, 0.25) is 0 Å². The lowest BCUT2D eigenvalue weighted by Gasteiger charge is -2.29. The first-order valence-corrected chi connectivity index (χ1v) is 7.98. The fourth-order valence-corrected chi connectivity index (χ4v) is 2.59. The predicted octanol–water partition coefficient (Wildman–Crippen LogP) is 3.04. The smallest absolute Gasteiger partial charge is 0.306 e. The molecule has 5 heteroatoms. The van der Waals surface area contributed by atoms with Gasteiger partial charge in [0.05, 0.1) is 17.2 Å². The molecule has 0 radical (unpaired) electrons. The maximum absolute atomic E-state index is 12.0. The lowest BCUT2D eigenvalue weighted by atomic mass is 10.1. The fourth-order valence-electron chi connectivity index (χ4n) is 2.59. The minimum Gasteiger partial charge on any atom is -0.306 e. The van der Waals surface area contributed by atoms with Crippen molar-refractivity contribution < 1.29 is 0 Å². The summed E-state index contributed by atoms with van der Waals surface area (Å²) in [6, 6.07) is 2.22. The third kappa shape index (κ3) is 3.94. The first-order valence-electron chi connectivity index (χ1n) is 7.98. The van der Waals surface area contributed by atoms with Crippen LogP contribution in [-0.4, -0.2) is 39.6 Å². The molecule has 1 aliphatic rings. The van der Waals surface area contributed by atoms with Crippen molar-refractivity contribution >= 4 is 11.0 Å². The minimum absolute atomic E-state index is 0.0115. The Bertz CT molecular complexity index is 579. The average Bonchev–Trinajstić information content (AvgIpc) is 2.88. The quantitative estimate of drug-likeness (QED) is 0.879. The molecule has 0 saturated carbocycles. The number of imidazole rings is 1. The fraction of sp³-hybridized carbons (Fsp3) is 0.625. The van der Waals surface area contributed by atoms with Crippen molar-refractivity contribution in [3.8, 4) is 0 Å². The third-order valence-corrected chi connectivity index (χ3v) is 3.57. The van der Waals surface area contributed by atoms with Crippen LogP contribution in [0.1, 0.15) is 46.6 Å². The van der Waals surface area contributed by atoms with E-state index < -0.39 is 0 Å². The van der Waals surface area contributed by atoms with Gasteiger partial charge in [-0.25, -0.2) is 4.79 Å². The number of aromatic amines is 1. The van der Waals surface area contributed by atoms with Crippen LogP contribution >= 0.6 is 0 Å². The number of H-pyrrole nitrogens is 1. The van der Waals surface area contributed by atoms with Crippen LogP contribution in [0.3, 0.4) is 0 Å². The van der Waals surface area contributed by atoms with Crippen molar-refractivity contribution in [2.45, 2.75) is 46.6 Å². The van der Waals surface area contributed by atoms with Crippen LogP contribution in [0.5, 0.6) is 0 Å². The maximum atomic E-state index is 12.0. The Labute approximate surface area is 127 Å². The highest BCUT2D eigenvalue weighted by Gasteiger charge is 2.21. The Morgan fingerprint density at radius 3 is 2.43 bits per heavy atom. The summed E-state index contributed by atoms with van der Waals surface area (Å²) >= 11 is 0. The first kappa shape index (κ1) is 17.4. The van der Waals surface area contributed by atoms with Crippen molar-refractivity contribution in [3.05, 3.63) is 28.9 Å². The largest absolute Gasteiger partial charge is 0.326 e. The number of nitrogens with zero attached hydrogens (tertiary/aromatic N) is 3.